The molecule has 0 spiro atoms. The molecule has 0 saturated carbocycles. The Balaban J connectivity index is 1.71. The van der Waals surface area contributed by atoms with Gasteiger partial charge in [0.15, 0.2) is 0 Å². The van der Waals surface area contributed by atoms with E-state index in [-0.39, 0.29) is 18.9 Å². The maximum atomic E-state index is 12.4. The highest BCUT2D eigenvalue weighted by molar-refractivity contribution is 6.35. The number of esters is 1. The number of methoxy groups -OCH3 is 1. The average molecular weight is 380 g/mol. The third-order valence-corrected chi connectivity index (χ3v) is 4.49. The third kappa shape index (κ3) is 3.89. The molecule has 1 aliphatic heterocycles. The highest BCUT2D eigenvalue weighted by Gasteiger charge is 2.37. The highest BCUT2D eigenvalue weighted by Crippen LogP contribution is 2.34. The van der Waals surface area contributed by atoms with Crippen molar-refractivity contribution in [2.24, 2.45) is 5.92 Å². The standard InChI is InChI=1S/C18H15Cl2NO4/c1-24-13-3-5-14(6-4-13)25-18(23)11-8-17(22)21(10-11)16-9-12(19)2-7-15(16)20/h2-7,9,11H,8,10H2,1H3/t11-/m0/s1. The molecule has 1 saturated heterocycles. The second-order valence-electron chi connectivity index (χ2n) is 5.60. The quantitative estimate of drug-likeness (QED) is 0.595. The molecule has 0 aliphatic carbocycles. The molecule has 3 rings (SSSR count). The summed E-state index contributed by atoms with van der Waals surface area (Å²) >= 11 is 12.1. The number of halogens is 2. The fourth-order valence-corrected chi connectivity index (χ4v) is 3.02. The molecular weight excluding hydrogens is 365 g/mol. The molecule has 5 nitrogen and oxygen atoms in total. The van der Waals surface area contributed by atoms with Gasteiger partial charge in [0.1, 0.15) is 11.5 Å². The topological polar surface area (TPSA) is 55.8 Å². The van der Waals surface area contributed by atoms with E-state index in [4.69, 9.17) is 32.7 Å². The van der Waals surface area contributed by atoms with Gasteiger partial charge in [0.25, 0.3) is 0 Å². The van der Waals surface area contributed by atoms with E-state index in [2.05, 4.69) is 0 Å². The van der Waals surface area contributed by atoms with E-state index in [9.17, 15) is 9.59 Å². The van der Waals surface area contributed by atoms with Crippen LogP contribution < -0.4 is 14.4 Å². The molecule has 0 bridgehead atoms. The Hall–Kier alpha value is -2.24. The first-order valence-corrected chi connectivity index (χ1v) is 8.34. The van der Waals surface area contributed by atoms with E-state index in [0.29, 0.717) is 27.2 Å². The minimum atomic E-state index is -0.565. The monoisotopic (exact) mass is 379 g/mol. The van der Waals surface area contributed by atoms with Gasteiger partial charge in [-0.05, 0) is 42.5 Å². The fraction of sp³-hybridized carbons (Fsp3) is 0.222. The Morgan fingerprint density at radius 2 is 1.80 bits per heavy atom. The van der Waals surface area contributed by atoms with Crippen LogP contribution in [0.4, 0.5) is 5.69 Å². The van der Waals surface area contributed by atoms with Gasteiger partial charge in [0.2, 0.25) is 5.91 Å². The lowest BCUT2D eigenvalue weighted by Crippen LogP contribution is -2.27. The molecular formula is C18H15Cl2NO4. The van der Waals surface area contributed by atoms with Crippen LogP contribution in [0.5, 0.6) is 11.5 Å². The number of ether oxygens (including phenoxy) is 2. The summed E-state index contributed by atoms with van der Waals surface area (Å²) in [6.45, 7) is 0.202. The number of carbonyl (C=O) groups is 2. The number of benzene rings is 2. The third-order valence-electron chi connectivity index (χ3n) is 3.94. The predicted molar refractivity (Wildman–Crippen MR) is 95.6 cm³/mol. The van der Waals surface area contributed by atoms with Crippen molar-refractivity contribution in [1.82, 2.24) is 0 Å². The van der Waals surface area contributed by atoms with Gasteiger partial charge in [-0.15, -0.1) is 0 Å². The number of anilines is 1. The van der Waals surface area contributed by atoms with Gasteiger partial charge in [0, 0.05) is 18.0 Å². The van der Waals surface area contributed by atoms with Gasteiger partial charge in [-0.3, -0.25) is 9.59 Å². The summed E-state index contributed by atoms with van der Waals surface area (Å²) in [6, 6.07) is 11.5. The lowest BCUT2D eigenvalue weighted by molar-refractivity contribution is -0.139. The minimum absolute atomic E-state index is 0.0673. The summed E-state index contributed by atoms with van der Waals surface area (Å²) in [4.78, 5) is 26.1. The van der Waals surface area contributed by atoms with Gasteiger partial charge < -0.3 is 14.4 Å². The van der Waals surface area contributed by atoms with Crippen molar-refractivity contribution in [3.05, 3.63) is 52.5 Å². The number of amides is 1. The minimum Gasteiger partial charge on any atom is -0.497 e. The summed E-state index contributed by atoms with van der Waals surface area (Å²) in [6.07, 6.45) is 0.0673. The van der Waals surface area contributed by atoms with E-state index in [1.165, 1.54) is 4.90 Å². The van der Waals surface area contributed by atoms with Crippen molar-refractivity contribution < 1.29 is 19.1 Å². The maximum absolute atomic E-state index is 12.4. The van der Waals surface area contributed by atoms with Crippen LogP contribution >= 0.6 is 23.2 Å². The molecule has 7 heteroatoms. The molecule has 0 radical (unpaired) electrons. The predicted octanol–water partition coefficient (Wildman–Crippen LogP) is 3.96. The molecule has 2 aromatic carbocycles. The zero-order chi connectivity index (χ0) is 18.0. The van der Waals surface area contributed by atoms with Crippen molar-refractivity contribution in [1.29, 1.82) is 0 Å². The molecule has 2 aromatic rings. The van der Waals surface area contributed by atoms with Crippen LogP contribution in [0.3, 0.4) is 0 Å². The molecule has 0 N–H and O–H groups in total. The summed E-state index contributed by atoms with van der Waals surface area (Å²) in [7, 11) is 1.56. The summed E-state index contributed by atoms with van der Waals surface area (Å²) < 4.78 is 10.4. The Kier molecular flexibility index (Phi) is 5.16. The molecule has 0 aromatic heterocycles. The first-order valence-electron chi connectivity index (χ1n) is 7.59. The highest BCUT2D eigenvalue weighted by atomic mass is 35.5. The normalized spacial score (nSPS) is 16.8. The first kappa shape index (κ1) is 17.6. The van der Waals surface area contributed by atoms with Crippen molar-refractivity contribution in [2.75, 3.05) is 18.6 Å². The molecule has 25 heavy (non-hydrogen) atoms. The summed E-state index contributed by atoms with van der Waals surface area (Å²) in [5, 5.41) is 0.874. The number of hydrogen-bond donors (Lipinski definition) is 0. The zero-order valence-electron chi connectivity index (χ0n) is 13.4. The molecule has 1 fully saturated rings. The molecule has 0 unspecified atom stereocenters. The SMILES string of the molecule is COc1ccc(OC(=O)[C@H]2CC(=O)N(c3cc(Cl)ccc3Cl)C2)cc1. The second-order valence-corrected chi connectivity index (χ2v) is 6.44. The Bertz CT molecular complexity index is 807. The average Bonchev–Trinajstić information content (AvgIpc) is 2.99. The number of carbonyl (C=O) groups excluding carboxylic acids is 2. The Morgan fingerprint density at radius 1 is 1.12 bits per heavy atom. The van der Waals surface area contributed by atoms with Gasteiger partial charge in [0.05, 0.1) is 23.7 Å². The summed E-state index contributed by atoms with van der Waals surface area (Å²) in [5.41, 5.74) is 0.499. The first-order chi connectivity index (χ1) is 12.0. The number of nitrogens with zero attached hydrogens (tertiary/aromatic N) is 1. The van der Waals surface area contributed by atoms with Gasteiger partial charge in [-0.25, -0.2) is 0 Å². The van der Waals surface area contributed by atoms with Crippen molar-refractivity contribution >= 4 is 40.8 Å². The van der Waals surface area contributed by atoms with Crippen LogP contribution in [0.15, 0.2) is 42.5 Å². The Morgan fingerprint density at radius 3 is 2.48 bits per heavy atom. The molecule has 1 heterocycles. The van der Waals surface area contributed by atoms with Gasteiger partial charge in [-0.1, -0.05) is 23.2 Å². The lowest BCUT2D eigenvalue weighted by atomic mass is 10.1. The summed E-state index contributed by atoms with van der Waals surface area (Å²) in [5.74, 6) is -0.153. The second kappa shape index (κ2) is 7.33. The van der Waals surface area contributed by atoms with E-state index < -0.39 is 11.9 Å². The van der Waals surface area contributed by atoms with Crippen molar-refractivity contribution in [3.63, 3.8) is 0 Å². The zero-order valence-corrected chi connectivity index (χ0v) is 14.9. The van der Waals surface area contributed by atoms with Crippen LogP contribution in [-0.2, 0) is 9.59 Å². The lowest BCUT2D eigenvalue weighted by Gasteiger charge is -2.18. The number of rotatable bonds is 4. The van der Waals surface area contributed by atoms with E-state index in [1.54, 1.807) is 49.6 Å². The van der Waals surface area contributed by atoms with Crippen LogP contribution in [0.1, 0.15) is 6.42 Å². The van der Waals surface area contributed by atoms with E-state index >= 15 is 0 Å². The smallest absolute Gasteiger partial charge is 0.316 e. The van der Waals surface area contributed by atoms with Crippen LogP contribution in [0.25, 0.3) is 0 Å². The molecule has 130 valence electrons. The van der Waals surface area contributed by atoms with Crippen molar-refractivity contribution in [2.45, 2.75) is 6.42 Å². The largest absolute Gasteiger partial charge is 0.497 e. The van der Waals surface area contributed by atoms with Gasteiger partial charge >= 0.3 is 5.97 Å². The number of hydrogen-bond acceptors (Lipinski definition) is 4. The van der Waals surface area contributed by atoms with Crippen LogP contribution in [0, 0.1) is 5.92 Å². The van der Waals surface area contributed by atoms with Crippen LogP contribution in [0.2, 0.25) is 10.0 Å². The molecule has 1 aliphatic rings. The van der Waals surface area contributed by atoms with Crippen LogP contribution in [-0.4, -0.2) is 25.5 Å². The van der Waals surface area contributed by atoms with E-state index in [0.717, 1.165) is 0 Å². The van der Waals surface area contributed by atoms with Crippen molar-refractivity contribution in [3.8, 4) is 11.5 Å². The van der Waals surface area contributed by atoms with E-state index in [1.807, 2.05) is 0 Å². The molecule has 1 amide bonds. The van der Waals surface area contributed by atoms with Gasteiger partial charge in [-0.2, -0.15) is 0 Å². The Labute approximate surface area is 155 Å². The fourth-order valence-electron chi connectivity index (χ4n) is 2.63. The molecule has 1 atom stereocenters. The maximum Gasteiger partial charge on any atom is 0.316 e.